The van der Waals surface area contributed by atoms with E-state index in [9.17, 15) is 0 Å². The maximum atomic E-state index is 4.42. The molecule has 2 aliphatic heterocycles. The first-order valence-electron chi connectivity index (χ1n) is 6.64. The third-order valence-electron chi connectivity index (χ3n) is 4.28. The van der Waals surface area contributed by atoms with Gasteiger partial charge in [-0.05, 0) is 37.0 Å². The Labute approximate surface area is 116 Å². The normalized spacial score (nSPS) is 26.3. The number of likely N-dealkylation sites (N-methyl/N-ethyl adjacent to an activating group) is 1. The summed E-state index contributed by atoms with van der Waals surface area (Å²) >= 11 is 1.69. The van der Waals surface area contributed by atoms with E-state index >= 15 is 0 Å². The molecule has 0 aliphatic carbocycles. The molecule has 2 aliphatic rings. The van der Waals surface area contributed by atoms with Crippen molar-refractivity contribution in [3.8, 4) is 11.3 Å². The van der Waals surface area contributed by atoms with Crippen LogP contribution in [0.5, 0.6) is 0 Å². The number of nitrogens with zero attached hydrogens (tertiary/aromatic N) is 4. The molecule has 98 valence electrons. The second kappa shape index (κ2) is 4.28. The zero-order chi connectivity index (χ0) is 12.8. The average molecular weight is 272 g/mol. The third kappa shape index (κ3) is 1.84. The minimum atomic E-state index is 0.622. The first-order valence-corrected chi connectivity index (χ1v) is 7.59. The number of aromatic nitrogens is 2. The minimum absolute atomic E-state index is 0.622. The molecule has 19 heavy (non-hydrogen) atoms. The van der Waals surface area contributed by atoms with E-state index in [0.717, 1.165) is 30.2 Å². The first kappa shape index (κ1) is 11.4. The van der Waals surface area contributed by atoms with Crippen LogP contribution < -0.4 is 4.90 Å². The van der Waals surface area contributed by atoms with E-state index in [1.807, 2.05) is 0 Å². The van der Waals surface area contributed by atoms with E-state index in [2.05, 4.69) is 56.0 Å². The second-order valence-corrected chi connectivity index (χ2v) is 6.20. The molecule has 2 aromatic heterocycles. The molecule has 4 rings (SSSR count). The summed E-state index contributed by atoms with van der Waals surface area (Å²) in [6.45, 7) is 2.24. The van der Waals surface area contributed by atoms with Crippen LogP contribution in [0.3, 0.4) is 0 Å². The second-order valence-electron chi connectivity index (χ2n) is 5.42. The van der Waals surface area contributed by atoms with Gasteiger partial charge >= 0.3 is 0 Å². The van der Waals surface area contributed by atoms with Crippen molar-refractivity contribution in [3.05, 3.63) is 29.0 Å². The summed E-state index contributed by atoms with van der Waals surface area (Å²) in [7, 11) is 2.22. The molecule has 2 bridgehead atoms. The lowest BCUT2D eigenvalue weighted by Crippen LogP contribution is -2.44. The zero-order valence-electron chi connectivity index (χ0n) is 10.9. The predicted octanol–water partition coefficient (Wildman–Crippen LogP) is 2.10. The van der Waals surface area contributed by atoms with Crippen molar-refractivity contribution in [2.75, 3.05) is 25.0 Å². The van der Waals surface area contributed by atoms with Gasteiger partial charge in [-0.25, -0.2) is 0 Å². The Morgan fingerprint density at radius 2 is 2.11 bits per heavy atom. The summed E-state index contributed by atoms with van der Waals surface area (Å²) in [6, 6.07) is 7.60. The minimum Gasteiger partial charge on any atom is -0.349 e. The molecule has 0 N–H and O–H groups in total. The molecule has 0 amide bonds. The maximum Gasteiger partial charge on any atom is 0.151 e. The van der Waals surface area contributed by atoms with Gasteiger partial charge in [-0.1, -0.05) is 0 Å². The number of rotatable bonds is 2. The van der Waals surface area contributed by atoms with E-state index in [0.29, 0.717) is 12.1 Å². The Kier molecular flexibility index (Phi) is 2.56. The van der Waals surface area contributed by atoms with Gasteiger partial charge in [0.05, 0.1) is 5.69 Å². The van der Waals surface area contributed by atoms with Gasteiger partial charge in [-0.3, -0.25) is 4.90 Å². The smallest absolute Gasteiger partial charge is 0.151 e. The van der Waals surface area contributed by atoms with Gasteiger partial charge in [-0.2, -0.15) is 11.3 Å². The van der Waals surface area contributed by atoms with Crippen LogP contribution in [-0.2, 0) is 0 Å². The van der Waals surface area contributed by atoms with E-state index in [4.69, 9.17) is 0 Å². The number of fused-ring (bicyclic) bond motifs is 2. The topological polar surface area (TPSA) is 32.3 Å². The average Bonchev–Trinajstić information content (AvgIpc) is 3.15. The molecule has 5 heteroatoms. The summed E-state index contributed by atoms with van der Waals surface area (Å²) in [6.07, 6.45) is 1.27. The SMILES string of the molecule is CN1C[C@@H]2C[C@H]1CN2c1ccc(-c2ccsc2)nn1. The maximum absolute atomic E-state index is 4.42. The summed E-state index contributed by atoms with van der Waals surface area (Å²) < 4.78 is 0. The fourth-order valence-corrected chi connectivity index (χ4v) is 3.84. The monoisotopic (exact) mass is 272 g/mol. The van der Waals surface area contributed by atoms with Crippen LogP contribution in [0.2, 0.25) is 0 Å². The van der Waals surface area contributed by atoms with Crippen molar-refractivity contribution in [3.63, 3.8) is 0 Å². The lowest BCUT2D eigenvalue weighted by Gasteiger charge is -2.32. The van der Waals surface area contributed by atoms with Crippen molar-refractivity contribution in [2.24, 2.45) is 0 Å². The fourth-order valence-electron chi connectivity index (χ4n) is 3.19. The molecule has 4 heterocycles. The van der Waals surface area contributed by atoms with Gasteiger partial charge in [0.25, 0.3) is 0 Å². The number of piperazine rings is 1. The highest BCUT2D eigenvalue weighted by Gasteiger charge is 2.41. The van der Waals surface area contributed by atoms with Crippen molar-refractivity contribution < 1.29 is 0 Å². The number of likely N-dealkylation sites (tertiary alicyclic amines) is 1. The molecule has 2 aromatic rings. The number of thiophene rings is 1. The molecule has 0 unspecified atom stereocenters. The molecule has 0 spiro atoms. The van der Waals surface area contributed by atoms with Gasteiger partial charge in [0.1, 0.15) is 0 Å². The lowest BCUT2D eigenvalue weighted by atomic mass is 10.2. The van der Waals surface area contributed by atoms with E-state index in [-0.39, 0.29) is 0 Å². The lowest BCUT2D eigenvalue weighted by molar-refractivity contribution is 0.292. The number of hydrogen-bond acceptors (Lipinski definition) is 5. The Morgan fingerprint density at radius 1 is 1.16 bits per heavy atom. The highest BCUT2D eigenvalue weighted by Crippen LogP contribution is 2.32. The van der Waals surface area contributed by atoms with E-state index < -0.39 is 0 Å². The summed E-state index contributed by atoms with van der Waals surface area (Å²) in [5, 5.41) is 13.0. The van der Waals surface area contributed by atoms with Gasteiger partial charge in [-0.15, -0.1) is 10.2 Å². The molecule has 0 radical (unpaired) electrons. The van der Waals surface area contributed by atoms with Crippen LogP contribution in [0.1, 0.15) is 6.42 Å². The van der Waals surface area contributed by atoms with Crippen molar-refractivity contribution >= 4 is 17.2 Å². The van der Waals surface area contributed by atoms with Crippen LogP contribution in [0.25, 0.3) is 11.3 Å². The Morgan fingerprint density at radius 3 is 2.68 bits per heavy atom. The van der Waals surface area contributed by atoms with Gasteiger partial charge in [0.2, 0.25) is 0 Å². The standard InChI is InChI=1S/C14H16N4S/c1-17-7-12-6-11(17)8-18(12)14-3-2-13(15-16-14)10-4-5-19-9-10/h2-5,9,11-12H,6-8H2,1H3/t11-,12-/m0/s1. The molecule has 0 saturated carbocycles. The van der Waals surface area contributed by atoms with Crippen molar-refractivity contribution in [1.82, 2.24) is 15.1 Å². The molecule has 2 atom stereocenters. The Balaban J connectivity index is 1.57. The highest BCUT2D eigenvalue weighted by molar-refractivity contribution is 7.08. The van der Waals surface area contributed by atoms with Gasteiger partial charge < -0.3 is 4.90 Å². The number of anilines is 1. The molecular formula is C14H16N4S. The zero-order valence-corrected chi connectivity index (χ0v) is 11.7. The number of hydrogen-bond donors (Lipinski definition) is 0. The molecular weight excluding hydrogens is 256 g/mol. The van der Waals surface area contributed by atoms with Crippen LogP contribution in [0.4, 0.5) is 5.82 Å². The van der Waals surface area contributed by atoms with E-state index in [1.165, 1.54) is 6.42 Å². The van der Waals surface area contributed by atoms with Gasteiger partial charge in [0, 0.05) is 36.1 Å². The quantitative estimate of drug-likeness (QED) is 0.838. The van der Waals surface area contributed by atoms with Crippen LogP contribution >= 0.6 is 11.3 Å². The van der Waals surface area contributed by atoms with Crippen molar-refractivity contribution in [2.45, 2.75) is 18.5 Å². The van der Waals surface area contributed by atoms with Gasteiger partial charge in [0.15, 0.2) is 5.82 Å². The largest absolute Gasteiger partial charge is 0.349 e. The summed E-state index contributed by atoms with van der Waals surface area (Å²) in [5.74, 6) is 1.03. The summed E-state index contributed by atoms with van der Waals surface area (Å²) in [5.41, 5.74) is 2.12. The fraction of sp³-hybridized carbons (Fsp3) is 0.429. The van der Waals surface area contributed by atoms with E-state index in [1.54, 1.807) is 11.3 Å². The Hall–Kier alpha value is -1.46. The van der Waals surface area contributed by atoms with Crippen LogP contribution in [-0.4, -0.2) is 47.3 Å². The Bertz CT molecular complexity index is 564. The van der Waals surface area contributed by atoms with Crippen LogP contribution in [0, 0.1) is 0 Å². The molecule has 0 aromatic carbocycles. The third-order valence-corrected chi connectivity index (χ3v) is 4.96. The first-order chi connectivity index (χ1) is 9.31. The highest BCUT2D eigenvalue weighted by atomic mass is 32.1. The van der Waals surface area contributed by atoms with Crippen molar-refractivity contribution in [1.29, 1.82) is 0 Å². The molecule has 2 saturated heterocycles. The predicted molar refractivity (Wildman–Crippen MR) is 77.5 cm³/mol. The molecule has 2 fully saturated rings. The van der Waals surface area contributed by atoms with Crippen LogP contribution in [0.15, 0.2) is 29.0 Å². The summed E-state index contributed by atoms with van der Waals surface area (Å²) in [4.78, 5) is 4.86. The molecule has 4 nitrogen and oxygen atoms in total.